The standard InChI is InChI=1S/C18H21ClN2O6/c1-10(16(22)21-18(24)20-12-4-2-3-5-12)27-17(23)11-8-13(19)15-14(9-11)25-6-7-26-15/h8-10,12H,2-7H2,1H3,(H2,20,21,22,24)/t10-/m0/s1. The molecule has 0 radical (unpaired) electrons. The monoisotopic (exact) mass is 396 g/mol. The number of fused-ring (bicyclic) bond motifs is 1. The Morgan fingerprint density at radius 1 is 1.19 bits per heavy atom. The maximum absolute atomic E-state index is 12.3. The number of carbonyl (C=O) groups excluding carboxylic acids is 3. The van der Waals surface area contributed by atoms with Gasteiger partial charge in [0.2, 0.25) is 0 Å². The fourth-order valence-corrected chi connectivity index (χ4v) is 3.28. The molecular formula is C18H21ClN2O6. The Balaban J connectivity index is 1.55. The normalized spacial score (nSPS) is 17.1. The number of esters is 1. The van der Waals surface area contributed by atoms with Crippen LogP contribution in [0.15, 0.2) is 12.1 Å². The molecule has 1 aliphatic carbocycles. The molecular weight excluding hydrogens is 376 g/mol. The maximum Gasteiger partial charge on any atom is 0.339 e. The molecule has 8 nitrogen and oxygen atoms in total. The van der Waals surface area contributed by atoms with Crippen molar-refractivity contribution < 1.29 is 28.6 Å². The second-order valence-corrected chi connectivity index (χ2v) is 6.88. The Labute approximate surface area is 161 Å². The van der Waals surface area contributed by atoms with Gasteiger partial charge in [0.1, 0.15) is 13.2 Å². The van der Waals surface area contributed by atoms with Crippen molar-refractivity contribution in [3.63, 3.8) is 0 Å². The van der Waals surface area contributed by atoms with E-state index in [-0.39, 0.29) is 16.6 Å². The molecule has 1 fully saturated rings. The van der Waals surface area contributed by atoms with Crippen LogP contribution in [0.3, 0.4) is 0 Å². The van der Waals surface area contributed by atoms with Gasteiger partial charge in [-0.25, -0.2) is 9.59 Å². The number of benzene rings is 1. The third-order valence-electron chi connectivity index (χ3n) is 4.41. The van der Waals surface area contributed by atoms with Gasteiger partial charge < -0.3 is 19.5 Å². The van der Waals surface area contributed by atoms with Crippen molar-refractivity contribution in [3.8, 4) is 11.5 Å². The molecule has 0 saturated heterocycles. The third-order valence-corrected chi connectivity index (χ3v) is 4.69. The number of halogens is 1. The molecule has 1 heterocycles. The van der Waals surface area contributed by atoms with E-state index in [0.29, 0.717) is 24.7 Å². The quantitative estimate of drug-likeness (QED) is 0.757. The Morgan fingerprint density at radius 2 is 1.89 bits per heavy atom. The van der Waals surface area contributed by atoms with Gasteiger partial charge in [-0.2, -0.15) is 0 Å². The predicted octanol–water partition coefficient (Wildman–Crippen LogP) is 2.42. The van der Waals surface area contributed by atoms with E-state index in [1.165, 1.54) is 19.1 Å². The third kappa shape index (κ3) is 4.82. The van der Waals surface area contributed by atoms with Gasteiger partial charge in [-0.15, -0.1) is 0 Å². The summed E-state index contributed by atoms with van der Waals surface area (Å²) in [5.74, 6) is -0.752. The Hall–Kier alpha value is -2.48. The van der Waals surface area contributed by atoms with Crippen molar-refractivity contribution >= 4 is 29.5 Å². The number of hydrogen-bond acceptors (Lipinski definition) is 6. The van der Waals surface area contributed by atoms with E-state index in [2.05, 4.69) is 10.6 Å². The molecule has 3 amide bonds. The lowest BCUT2D eigenvalue weighted by molar-refractivity contribution is -0.127. The summed E-state index contributed by atoms with van der Waals surface area (Å²) in [7, 11) is 0. The summed E-state index contributed by atoms with van der Waals surface area (Å²) in [6.07, 6.45) is 2.77. The van der Waals surface area contributed by atoms with Gasteiger partial charge in [0, 0.05) is 6.04 Å². The summed E-state index contributed by atoms with van der Waals surface area (Å²) < 4.78 is 15.9. The smallest absolute Gasteiger partial charge is 0.339 e. The largest absolute Gasteiger partial charge is 0.486 e. The van der Waals surface area contributed by atoms with Crippen LogP contribution in [0.25, 0.3) is 0 Å². The van der Waals surface area contributed by atoms with Crippen LogP contribution in [0.1, 0.15) is 43.0 Å². The average molecular weight is 397 g/mol. The van der Waals surface area contributed by atoms with Crippen LogP contribution in [0.5, 0.6) is 11.5 Å². The van der Waals surface area contributed by atoms with Crippen molar-refractivity contribution in [1.29, 1.82) is 0 Å². The molecule has 3 rings (SSSR count). The first-order valence-corrected chi connectivity index (χ1v) is 9.23. The van der Waals surface area contributed by atoms with Crippen LogP contribution in [0.4, 0.5) is 4.79 Å². The Kier molecular flexibility index (Phi) is 6.05. The van der Waals surface area contributed by atoms with Crippen molar-refractivity contribution in [2.24, 2.45) is 0 Å². The number of carbonyl (C=O) groups is 3. The SMILES string of the molecule is C[C@H](OC(=O)c1cc(Cl)c2c(c1)OCCO2)C(=O)NC(=O)NC1CCCC1. The zero-order valence-corrected chi connectivity index (χ0v) is 15.6. The van der Waals surface area contributed by atoms with Crippen LogP contribution in [0, 0.1) is 0 Å². The van der Waals surface area contributed by atoms with Gasteiger partial charge in [-0.1, -0.05) is 24.4 Å². The molecule has 1 saturated carbocycles. The van der Waals surface area contributed by atoms with E-state index in [0.717, 1.165) is 25.7 Å². The number of rotatable bonds is 4. The van der Waals surface area contributed by atoms with Crippen LogP contribution < -0.4 is 20.1 Å². The van der Waals surface area contributed by atoms with Gasteiger partial charge in [0.05, 0.1) is 10.6 Å². The lowest BCUT2D eigenvalue weighted by Crippen LogP contribution is -2.47. The van der Waals surface area contributed by atoms with Gasteiger partial charge in [0.25, 0.3) is 5.91 Å². The second kappa shape index (κ2) is 8.47. The zero-order chi connectivity index (χ0) is 19.4. The maximum atomic E-state index is 12.3. The lowest BCUT2D eigenvalue weighted by Gasteiger charge is -2.20. The minimum absolute atomic E-state index is 0.0792. The molecule has 1 atom stereocenters. The number of hydrogen-bond donors (Lipinski definition) is 2. The van der Waals surface area contributed by atoms with Gasteiger partial charge in [-0.3, -0.25) is 10.1 Å². The molecule has 27 heavy (non-hydrogen) atoms. The predicted molar refractivity (Wildman–Crippen MR) is 96.2 cm³/mol. The molecule has 9 heteroatoms. The molecule has 1 aromatic carbocycles. The molecule has 0 aromatic heterocycles. The molecule has 2 N–H and O–H groups in total. The number of amides is 3. The lowest BCUT2D eigenvalue weighted by atomic mass is 10.2. The summed E-state index contributed by atoms with van der Waals surface area (Å²) in [5, 5.41) is 5.13. The van der Waals surface area contributed by atoms with E-state index in [9.17, 15) is 14.4 Å². The minimum Gasteiger partial charge on any atom is -0.486 e. The molecule has 1 aromatic rings. The van der Waals surface area contributed by atoms with Crippen molar-refractivity contribution in [2.45, 2.75) is 44.8 Å². The van der Waals surface area contributed by atoms with Crippen LogP contribution in [-0.4, -0.2) is 43.3 Å². The highest BCUT2D eigenvalue weighted by Gasteiger charge is 2.25. The van der Waals surface area contributed by atoms with E-state index in [4.69, 9.17) is 25.8 Å². The number of imide groups is 1. The Morgan fingerprint density at radius 3 is 2.63 bits per heavy atom. The molecule has 0 unspecified atom stereocenters. The molecule has 2 aliphatic rings. The molecule has 1 aliphatic heterocycles. The zero-order valence-electron chi connectivity index (χ0n) is 14.9. The average Bonchev–Trinajstić information content (AvgIpc) is 3.14. The Bertz CT molecular complexity index is 748. The number of nitrogens with one attached hydrogen (secondary N) is 2. The molecule has 0 bridgehead atoms. The summed E-state index contributed by atoms with van der Waals surface area (Å²) in [4.78, 5) is 36.2. The number of ether oxygens (including phenoxy) is 3. The van der Waals surface area contributed by atoms with Crippen LogP contribution in [0.2, 0.25) is 5.02 Å². The second-order valence-electron chi connectivity index (χ2n) is 6.47. The van der Waals surface area contributed by atoms with Crippen molar-refractivity contribution in [2.75, 3.05) is 13.2 Å². The van der Waals surface area contributed by atoms with Crippen LogP contribution >= 0.6 is 11.6 Å². The van der Waals surface area contributed by atoms with Gasteiger partial charge in [-0.05, 0) is 31.9 Å². The summed E-state index contributed by atoms with van der Waals surface area (Å²) in [6.45, 7) is 2.10. The summed E-state index contributed by atoms with van der Waals surface area (Å²) in [6, 6.07) is 2.32. The van der Waals surface area contributed by atoms with Crippen molar-refractivity contribution in [1.82, 2.24) is 10.6 Å². The fourth-order valence-electron chi connectivity index (χ4n) is 3.02. The van der Waals surface area contributed by atoms with E-state index in [1.54, 1.807) is 0 Å². The highest BCUT2D eigenvalue weighted by Crippen LogP contribution is 2.38. The molecule has 0 spiro atoms. The van der Waals surface area contributed by atoms with Crippen molar-refractivity contribution in [3.05, 3.63) is 22.7 Å². The summed E-state index contributed by atoms with van der Waals surface area (Å²) >= 11 is 6.10. The fraction of sp³-hybridized carbons (Fsp3) is 0.500. The first kappa shape index (κ1) is 19.3. The highest BCUT2D eigenvalue weighted by atomic mass is 35.5. The molecule has 146 valence electrons. The van der Waals surface area contributed by atoms with E-state index in [1.807, 2.05) is 0 Å². The number of urea groups is 1. The highest BCUT2D eigenvalue weighted by molar-refractivity contribution is 6.32. The summed E-state index contributed by atoms with van der Waals surface area (Å²) in [5.41, 5.74) is 0.124. The topological polar surface area (TPSA) is 103 Å². The first-order valence-electron chi connectivity index (χ1n) is 8.85. The van der Waals surface area contributed by atoms with E-state index < -0.39 is 24.0 Å². The minimum atomic E-state index is -1.15. The first-order chi connectivity index (χ1) is 12.9. The van der Waals surface area contributed by atoms with Crippen LogP contribution in [-0.2, 0) is 9.53 Å². The van der Waals surface area contributed by atoms with Gasteiger partial charge >= 0.3 is 12.0 Å². The van der Waals surface area contributed by atoms with Gasteiger partial charge in [0.15, 0.2) is 17.6 Å². The van der Waals surface area contributed by atoms with E-state index >= 15 is 0 Å².